The van der Waals surface area contributed by atoms with Gasteiger partial charge in [0.2, 0.25) is 11.8 Å². The van der Waals surface area contributed by atoms with Crippen LogP contribution in [0.1, 0.15) is 18.9 Å². The van der Waals surface area contributed by atoms with E-state index in [-0.39, 0.29) is 24.8 Å². The molecule has 1 atom stereocenters. The van der Waals surface area contributed by atoms with E-state index in [1.54, 1.807) is 18.7 Å². The molecule has 128 valence electrons. The van der Waals surface area contributed by atoms with Crippen LogP contribution < -0.4 is 15.4 Å². The third kappa shape index (κ3) is 4.58. The minimum absolute atomic E-state index is 0.124. The summed E-state index contributed by atoms with van der Waals surface area (Å²) in [5.41, 5.74) is 1.75. The van der Waals surface area contributed by atoms with Gasteiger partial charge in [-0.05, 0) is 26.0 Å². The second-order valence-electron chi connectivity index (χ2n) is 5.37. The van der Waals surface area contributed by atoms with Crippen molar-refractivity contribution in [2.75, 3.05) is 13.6 Å². The molecule has 0 bridgehead atoms. The smallest absolute Gasteiger partial charge is 0.260 e. The number of aryl methyl sites for hydroxylation is 1. The van der Waals surface area contributed by atoms with Gasteiger partial charge in [-0.25, -0.2) is 4.68 Å². The molecule has 2 aromatic rings. The van der Waals surface area contributed by atoms with Crippen LogP contribution in [-0.2, 0) is 9.59 Å². The van der Waals surface area contributed by atoms with Crippen molar-refractivity contribution in [1.82, 2.24) is 20.4 Å². The first-order valence-electron chi connectivity index (χ1n) is 7.78. The highest BCUT2D eigenvalue weighted by Crippen LogP contribution is 2.19. The number of rotatable bonds is 7. The maximum atomic E-state index is 12.0. The largest absolute Gasteiger partial charge is 0.463 e. The average molecular weight is 330 g/mol. The maximum Gasteiger partial charge on any atom is 0.260 e. The minimum atomic E-state index is -0.701. The molecule has 0 spiro atoms. The van der Waals surface area contributed by atoms with Gasteiger partial charge in [0.25, 0.3) is 5.91 Å². The molecule has 7 nitrogen and oxygen atoms in total. The van der Waals surface area contributed by atoms with E-state index in [1.807, 2.05) is 43.5 Å². The number of nitrogens with one attached hydrogen (secondary N) is 2. The van der Waals surface area contributed by atoms with E-state index < -0.39 is 6.10 Å². The first-order chi connectivity index (χ1) is 11.5. The summed E-state index contributed by atoms with van der Waals surface area (Å²) in [5.74, 6) is 0.00156. The zero-order valence-electron chi connectivity index (χ0n) is 14.1. The van der Waals surface area contributed by atoms with E-state index in [0.29, 0.717) is 5.88 Å². The number of ether oxygens (including phenoxy) is 1. The number of carbonyl (C=O) groups is 2. The summed E-state index contributed by atoms with van der Waals surface area (Å²) in [4.78, 5) is 23.1. The molecule has 0 fully saturated rings. The number of benzene rings is 1. The predicted octanol–water partition coefficient (Wildman–Crippen LogP) is 1.20. The summed E-state index contributed by atoms with van der Waals surface area (Å²) in [6, 6.07) is 9.66. The van der Waals surface area contributed by atoms with Crippen LogP contribution >= 0.6 is 0 Å². The SMILES string of the molecule is CNC(=O)CCNC(=O)C(C)Oc1nn(-c2ccccc2)cc1C. The van der Waals surface area contributed by atoms with E-state index >= 15 is 0 Å². The lowest BCUT2D eigenvalue weighted by Gasteiger charge is -2.13. The van der Waals surface area contributed by atoms with Gasteiger partial charge in [0.05, 0.1) is 5.69 Å². The summed E-state index contributed by atoms with van der Waals surface area (Å²) in [6.07, 6.45) is 1.38. The van der Waals surface area contributed by atoms with Crippen molar-refractivity contribution in [3.8, 4) is 11.6 Å². The Hall–Kier alpha value is -2.83. The first kappa shape index (κ1) is 17.5. The molecule has 24 heavy (non-hydrogen) atoms. The zero-order chi connectivity index (χ0) is 17.5. The Labute approximate surface area is 141 Å². The fourth-order valence-electron chi connectivity index (χ4n) is 2.06. The lowest BCUT2D eigenvalue weighted by Crippen LogP contribution is -2.38. The van der Waals surface area contributed by atoms with Crippen LogP contribution in [-0.4, -0.2) is 41.3 Å². The standard InChI is InChI=1S/C17H22N4O3/c1-12-11-21(14-7-5-4-6-8-14)20-17(12)24-13(2)16(23)19-10-9-15(22)18-3/h4-8,11,13H,9-10H2,1-3H3,(H,18,22)(H,19,23). The summed E-state index contributed by atoms with van der Waals surface area (Å²) >= 11 is 0. The van der Waals surface area contributed by atoms with Gasteiger partial charge in [0, 0.05) is 31.8 Å². The van der Waals surface area contributed by atoms with E-state index in [0.717, 1.165) is 11.3 Å². The predicted molar refractivity (Wildman–Crippen MR) is 90.1 cm³/mol. The van der Waals surface area contributed by atoms with Crippen molar-refractivity contribution in [1.29, 1.82) is 0 Å². The molecule has 2 N–H and O–H groups in total. The number of para-hydroxylation sites is 1. The van der Waals surface area contributed by atoms with Crippen LogP contribution in [0.4, 0.5) is 0 Å². The third-order valence-corrected chi connectivity index (χ3v) is 3.46. The van der Waals surface area contributed by atoms with Gasteiger partial charge in [-0.1, -0.05) is 18.2 Å². The molecular formula is C17H22N4O3. The van der Waals surface area contributed by atoms with Gasteiger partial charge >= 0.3 is 0 Å². The summed E-state index contributed by atoms with van der Waals surface area (Å²) in [5, 5.41) is 9.54. The number of carbonyl (C=O) groups excluding carboxylic acids is 2. The lowest BCUT2D eigenvalue weighted by molar-refractivity contribution is -0.127. The number of aromatic nitrogens is 2. The van der Waals surface area contributed by atoms with Gasteiger partial charge in [-0.15, -0.1) is 5.10 Å². The molecule has 1 aromatic carbocycles. The Bertz CT molecular complexity index is 697. The van der Waals surface area contributed by atoms with Gasteiger partial charge in [-0.2, -0.15) is 0 Å². The van der Waals surface area contributed by atoms with Crippen LogP contribution in [0.2, 0.25) is 0 Å². The second kappa shape index (κ2) is 8.14. The average Bonchev–Trinajstić information content (AvgIpc) is 2.96. The van der Waals surface area contributed by atoms with Gasteiger partial charge in [0.15, 0.2) is 6.10 Å². The molecule has 0 aliphatic heterocycles. The maximum absolute atomic E-state index is 12.0. The monoisotopic (exact) mass is 330 g/mol. The Morgan fingerprint density at radius 2 is 2.00 bits per heavy atom. The second-order valence-corrected chi connectivity index (χ2v) is 5.37. The molecule has 2 rings (SSSR count). The Morgan fingerprint density at radius 3 is 2.67 bits per heavy atom. The fourth-order valence-corrected chi connectivity index (χ4v) is 2.06. The van der Waals surface area contributed by atoms with Gasteiger partial charge < -0.3 is 15.4 Å². The van der Waals surface area contributed by atoms with Crippen molar-refractivity contribution in [3.05, 3.63) is 42.1 Å². The van der Waals surface area contributed by atoms with Crippen LogP contribution in [0.3, 0.4) is 0 Å². The third-order valence-electron chi connectivity index (χ3n) is 3.46. The van der Waals surface area contributed by atoms with E-state index in [2.05, 4.69) is 15.7 Å². The molecule has 2 amide bonds. The Morgan fingerprint density at radius 1 is 1.29 bits per heavy atom. The molecular weight excluding hydrogens is 308 g/mol. The number of nitrogens with zero attached hydrogens (tertiary/aromatic N) is 2. The summed E-state index contributed by atoms with van der Waals surface area (Å²) < 4.78 is 7.36. The molecule has 1 aromatic heterocycles. The molecule has 0 aliphatic rings. The van der Waals surface area contributed by atoms with Gasteiger partial charge in [-0.3, -0.25) is 9.59 Å². The number of hydrogen-bond acceptors (Lipinski definition) is 4. The van der Waals surface area contributed by atoms with Crippen LogP contribution in [0.5, 0.6) is 5.88 Å². The number of amides is 2. The minimum Gasteiger partial charge on any atom is -0.463 e. The van der Waals surface area contributed by atoms with Crippen molar-refractivity contribution >= 4 is 11.8 Å². The summed E-state index contributed by atoms with van der Waals surface area (Å²) in [6.45, 7) is 3.79. The van der Waals surface area contributed by atoms with Crippen molar-refractivity contribution in [3.63, 3.8) is 0 Å². The number of hydrogen-bond donors (Lipinski definition) is 2. The highest BCUT2D eigenvalue weighted by molar-refractivity contribution is 5.81. The van der Waals surface area contributed by atoms with E-state index in [4.69, 9.17) is 4.74 Å². The Kier molecular flexibility index (Phi) is 5.95. The van der Waals surface area contributed by atoms with Crippen LogP contribution in [0.15, 0.2) is 36.5 Å². The molecule has 7 heteroatoms. The first-order valence-corrected chi connectivity index (χ1v) is 7.78. The lowest BCUT2D eigenvalue weighted by atomic mass is 10.3. The van der Waals surface area contributed by atoms with Crippen molar-refractivity contribution < 1.29 is 14.3 Å². The van der Waals surface area contributed by atoms with Gasteiger partial charge in [0.1, 0.15) is 0 Å². The molecule has 0 radical (unpaired) electrons. The molecule has 0 aliphatic carbocycles. The molecule has 0 saturated heterocycles. The molecule has 0 saturated carbocycles. The summed E-state index contributed by atoms with van der Waals surface area (Å²) in [7, 11) is 1.56. The van der Waals surface area contributed by atoms with E-state index in [9.17, 15) is 9.59 Å². The topological polar surface area (TPSA) is 85.2 Å². The van der Waals surface area contributed by atoms with Crippen molar-refractivity contribution in [2.24, 2.45) is 0 Å². The highest BCUT2D eigenvalue weighted by atomic mass is 16.5. The molecule has 1 unspecified atom stereocenters. The van der Waals surface area contributed by atoms with Crippen LogP contribution in [0, 0.1) is 6.92 Å². The highest BCUT2D eigenvalue weighted by Gasteiger charge is 2.18. The molecule has 1 heterocycles. The quantitative estimate of drug-likeness (QED) is 0.799. The van der Waals surface area contributed by atoms with Crippen molar-refractivity contribution in [2.45, 2.75) is 26.4 Å². The normalized spacial score (nSPS) is 11.6. The van der Waals surface area contributed by atoms with E-state index in [1.165, 1.54) is 0 Å². The fraction of sp³-hybridized carbons (Fsp3) is 0.353. The Balaban J connectivity index is 1.94. The zero-order valence-corrected chi connectivity index (χ0v) is 14.1. The van der Waals surface area contributed by atoms with Crippen LogP contribution in [0.25, 0.3) is 5.69 Å².